The topological polar surface area (TPSA) is 76.1 Å². The molecule has 1 aliphatic rings. The molecule has 1 aromatic carbocycles. The molecule has 0 saturated heterocycles. The van der Waals surface area contributed by atoms with Gasteiger partial charge in [-0.3, -0.25) is 4.79 Å². The summed E-state index contributed by atoms with van der Waals surface area (Å²) in [6.45, 7) is 0. The van der Waals surface area contributed by atoms with E-state index in [1.54, 1.807) is 24.4 Å². The fraction of sp³-hybridized carbons (Fsp3) is 0.353. The number of carbonyl (C=O) groups is 1. The lowest BCUT2D eigenvalue weighted by atomic mass is 10.2. The van der Waals surface area contributed by atoms with Crippen molar-refractivity contribution in [3.05, 3.63) is 41.3 Å². The van der Waals surface area contributed by atoms with Gasteiger partial charge in [0.05, 0.1) is 24.5 Å². The maximum atomic E-state index is 12.2. The fourth-order valence-corrected chi connectivity index (χ4v) is 3.00. The van der Waals surface area contributed by atoms with E-state index in [2.05, 4.69) is 20.6 Å². The van der Waals surface area contributed by atoms with Gasteiger partial charge in [0.15, 0.2) is 0 Å². The Bertz CT molecular complexity index is 715. The minimum atomic E-state index is -0.337. The van der Waals surface area contributed by atoms with E-state index in [9.17, 15) is 4.79 Å². The Labute approximate surface area is 145 Å². The molecule has 0 atom stereocenters. The molecule has 126 valence electrons. The third kappa shape index (κ3) is 3.94. The number of amides is 1. The van der Waals surface area contributed by atoms with Gasteiger partial charge in [-0.2, -0.15) is 0 Å². The van der Waals surface area contributed by atoms with Crippen molar-refractivity contribution in [1.82, 2.24) is 9.97 Å². The Hall–Kier alpha value is -2.34. The van der Waals surface area contributed by atoms with Crippen LogP contribution in [-0.2, 0) is 0 Å². The van der Waals surface area contributed by atoms with Crippen LogP contribution in [0, 0.1) is 0 Å². The Morgan fingerprint density at radius 2 is 2.04 bits per heavy atom. The van der Waals surface area contributed by atoms with Crippen LogP contribution in [-0.4, -0.2) is 29.0 Å². The van der Waals surface area contributed by atoms with E-state index in [4.69, 9.17) is 16.3 Å². The molecular weight excluding hydrogens is 328 g/mol. The number of anilines is 2. The van der Waals surface area contributed by atoms with Crippen molar-refractivity contribution in [3.63, 3.8) is 0 Å². The number of halogens is 1. The molecule has 24 heavy (non-hydrogen) atoms. The summed E-state index contributed by atoms with van der Waals surface area (Å²) in [7, 11) is 1.54. The Balaban J connectivity index is 1.63. The number of carbonyl (C=O) groups excluding carboxylic acids is 1. The lowest BCUT2D eigenvalue weighted by Crippen LogP contribution is -2.17. The number of hydrogen-bond acceptors (Lipinski definition) is 5. The lowest BCUT2D eigenvalue weighted by Gasteiger charge is -2.12. The average Bonchev–Trinajstić information content (AvgIpc) is 3.08. The van der Waals surface area contributed by atoms with E-state index in [1.807, 2.05) is 0 Å². The van der Waals surface area contributed by atoms with E-state index in [-0.39, 0.29) is 11.6 Å². The predicted molar refractivity (Wildman–Crippen MR) is 93.9 cm³/mol. The van der Waals surface area contributed by atoms with Crippen LogP contribution in [0.25, 0.3) is 0 Å². The van der Waals surface area contributed by atoms with Crippen LogP contribution in [0.2, 0.25) is 5.02 Å². The monoisotopic (exact) mass is 346 g/mol. The summed E-state index contributed by atoms with van der Waals surface area (Å²) in [6, 6.07) is 5.49. The molecule has 2 aromatic rings. The van der Waals surface area contributed by atoms with Crippen LogP contribution < -0.4 is 15.4 Å². The first-order chi connectivity index (χ1) is 11.7. The molecule has 1 heterocycles. The Morgan fingerprint density at radius 3 is 2.67 bits per heavy atom. The summed E-state index contributed by atoms with van der Waals surface area (Å²) in [4.78, 5) is 20.7. The van der Waals surface area contributed by atoms with Crippen molar-refractivity contribution in [2.45, 2.75) is 31.7 Å². The standard InChI is InChI=1S/C17H19ClN4O2/c1-24-15-7-6-12(8-13(15)18)22-17(23)14-9-20-16(10-19-14)21-11-4-2-3-5-11/h6-11H,2-5H2,1H3,(H,20,21)(H,22,23). The number of nitrogens with one attached hydrogen (secondary N) is 2. The van der Waals surface area contributed by atoms with Gasteiger partial charge in [0.2, 0.25) is 0 Å². The molecule has 0 bridgehead atoms. The summed E-state index contributed by atoms with van der Waals surface area (Å²) in [6.07, 6.45) is 7.86. The largest absolute Gasteiger partial charge is 0.495 e. The number of rotatable bonds is 5. The summed E-state index contributed by atoms with van der Waals surface area (Å²) in [5.41, 5.74) is 0.819. The zero-order valence-electron chi connectivity index (χ0n) is 13.4. The van der Waals surface area contributed by atoms with E-state index >= 15 is 0 Å². The molecule has 2 N–H and O–H groups in total. The highest BCUT2D eigenvalue weighted by Gasteiger charge is 2.15. The average molecular weight is 347 g/mol. The van der Waals surface area contributed by atoms with Gasteiger partial charge in [-0.15, -0.1) is 0 Å². The number of aromatic nitrogens is 2. The number of nitrogens with zero attached hydrogens (tertiary/aromatic N) is 2. The molecular formula is C17H19ClN4O2. The van der Waals surface area contributed by atoms with Crippen molar-refractivity contribution >= 4 is 29.0 Å². The van der Waals surface area contributed by atoms with E-state index in [0.29, 0.717) is 28.3 Å². The third-order valence-electron chi connectivity index (χ3n) is 4.00. The third-order valence-corrected chi connectivity index (χ3v) is 4.30. The highest BCUT2D eigenvalue weighted by Crippen LogP contribution is 2.27. The van der Waals surface area contributed by atoms with Gasteiger partial charge in [-0.05, 0) is 31.0 Å². The Morgan fingerprint density at radius 1 is 1.25 bits per heavy atom. The second kappa shape index (κ2) is 7.49. The molecule has 7 heteroatoms. The lowest BCUT2D eigenvalue weighted by molar-refractivity contribution is 0.102. The van der Waals surface area contributed by atoms with Crippen LogP contribution >= 0.6 is 11.6 Å². The summed E-state index contributed by atoms with van der Waals surface area (Å²) >= 11 is 6.05. The van der Waals surface area contributed by atoms with Gasteiger partial charge in [-0.1, -0.05) is 24.4 Å². The van der Waals surface area contributed by atoms with Crippen LogP contribution in [0.5, 0.6) is 5.75 Å². The molecule has 0 aliphatic heterocycles. The SMILES string of the molecule is COc1ccc(NC(=O)c2cnc(NC3CCCC3)cn2)cc1Cl. The molecule has 0 spiro atoms. The van der Waals surface area contributed by atoms with Crippen molar-refractivity contribution in [1.29, 1.82) is 0 Å². The maximum absolute atomic E-state index is 12.2. The maximum Gasteiger partial charge on any atom is 0.275 e. The summed E-state index contributed by atoms with van der Waals surface area (Å²) in [5.74, 6) is 0.916. The molecule has 1 amide bonds. The zero-order valence-corrected chi connectivity index (χ0v) is 14.1. The molecule has 6 nitrogen and oxygen atoms in total. The van der Waals surface area contributed by atoms with E-state index in [0.717, 1.165) is 12.8 Å². The van der Waals surface area contributed by atoms with Crippen molar-refractivity contribution in [2.24, 2.45) is 0 Å². The first kappa shape index (κ1) is 16.5. The van der Waals surface area contributed by atoms with Crippen molar-refractivity contribution in [2.75, 3.05) is 17.7 Å². The first-order valence-corrected chi connectivity index (χ1v) is 8.27. The number of benzene rings is 1. The van der Waals surface area contributed by atoms with Gasteiger partial charge >= 0.3 is 0 Å². The van der Waals surface area contributed by atoms with Crippen LogP contribution in [0.4, 0.5) is 11.5 Å². The molecule has 1 fully saturated rings. The zero-order chi connectivity index (χ0) is 16.9. The fourth-order valence-electron chi connectivity index (χ4n) is 2.74. The molecule has 1 saturated carbocycles. The molecule has 1 aromatic heterocycles. The van der Waals surface area contributed by atoms with Gasteiger partial charge in [-0.25, -0.2) is 9.97 Å². The quantitative estimate of drug-likeness (QED) is 0.862. The van der Waals surface area contributed by atoms with Gasteiger partial charge in [0, 0.05) is 11.7 Å². The van der Waals surface area contributed by atoms with Crippen molar-refractivity contribution in [3.8, 4) is 5.75 Å². The van der Waals surface area contributed by atoms with Gasteiger partial charge < -0.3 is 15.4 Å². The minimum absolute atomic E-state index is 0.249. The van der Waals surface area contributed by atoms with Crippen molar-refractivity contribution < 1.29 is 9.53 Å². The second-order valence-electron chi connectivity index (χ2n) is 5.72. The van der Waals surface area contributed by atoms with Crippen LogP contribution in [0.1, 0.15) is 36.2 Å². The summed E-state index contributed by atoms with van der Waals surface area (Å²) < 4.78 is 5.08. The predicted octanol–water partition coefficient (Wildman–Crippen LogP) is 3.75. The second-order valence-corrected chi connectivity index (χ2v) is 6.12. The smallest absolute Gasteiger partial charge is 0.275 e. The number of hydrogen-bond donors (Lipinski definition) is 2. The molecule has 0 unspecified atom stereocenters. The van der Waals surface area contributed by atoms with Gasteiger partial charge in [0.25, 0.3) is 5.91 Å². The highest BCUT2D eigenvalue weighted by atomic mass is 35.5. The number of ether oxygens (including phenoxy) is 1. The normalized spacial score (nSPS) is 14.4. The minimum Gasteiger partial charge on any atom is -0.495 e. The summed E-state index contributed by atoms with van der Waals surface area (Å²) in [5, 5.41) is 6.51. The van der Waals surface area contributed by atoms with Gasteiger partial charge in [0.1, 0.15) is 17.3 Å². The molecule has 1 aliphatic carbocycles. The highest BCUT2D eigenvalue weighted by molar-refractivity contribution is 6.32. The van der Waals surface area contributed by atoms with Crippen LogP contribution in [0.15, 0.2) is 30.6 Å². The molecule has 0 radical (unpaired) electrons. The first-order valence-electron chi connectivity index (χ1n) is 7.89. The van der Waals surface area contributed by atoms with E-state index in [1.165, 1.54) is 26.1 Å². The Kier molecular flexibility index (Phi) is 5.15. The molecule has 3 rings (SSSR count). The van der Waals surface area contributed by atoms with Crippen LogP contribution in [0.3, 0.4) is 0 Å². The number of methoxy groups -OCH3 is 1. The van der Waals surface area contributed by atoms with E-state index < -0.39 is 0 Å².